The Morgan fingerprint density at radius 3 is 2.50 bits per heavy atom. The monoisotopic (exact) mass is 535 g/mol. The summed E-state index contributed by atoms with van der Waals surface area (Å²) in [5, 5.41) is 13.3. The van der Waals surface area contributed by atoms with Gasteiger partial charge in [-0.05, 0) is 68.5 Å². The van der Waals surface area contributed by atoms with Gasteiger partial charge in [-0.3, -0.25) is 9.59 Å². The molecule has 2 heterocycles. The van der Waals surface area contributed by atoms with Crippen LogP contribution < -0.4 is 14.8 Å². The molecule has 0 radical (unpaired) electrons. The first-order valence-corrected chi connectivity index (χ1v) is 13.2. The maximum Gasteiger partial charge on any atom is 0.248 e. The first-order chi connectivity index (χ1) is 18.2. The predicted molar refractivity (Wildman–Crippen MR) is 147 cm³/mol. The molecule has 2 amide bonds. The molecule has 38 heavy (non-hydrogen) atoms. The molecule has 9 nitrogen and oxygen atoms in total. The van der Waals surface area contributed by atoms with Gasteiger partial charge in [0.2, 0.25) is 11.8 Å². The van der Waals surface area contributed by atoms with E-state index in [2.05, 4.69) is 15.6 Å². The molecule has 10 heteroatoms. The standard InChI is InChI=1S/C28H33N5O4S/c1-28(2,3)29-27(35)26(24-11-8-16-38-24)32(15-14-19-12-13-22(36-4)23(17-19)37-5)25(34)18-33-21-10-7-6-9-20(21)30-31-33/h6-13,16-17,26H,14-15,18H2,1-5H3,(H,29,35)/t26-/m0/s1. The molecule has 0 saturated carbocycles. The molecule has 0 aliphatic rings. The predicted octanol–water partition coefficient (Wildman–Crippen LogP) is 4.24. The van der Waals surface area contributed by atoms with E-state index < -0.39 is 11.6 Å². The van der Waals surface area contributed by atoms with Crippen molar-refractivity contribution in [2.75, 3.05) is 20.8 Å². The number of aromatic nitrogens is 3. The molecule has 2 aromatic heterocycles. The third-order valence-electron chi connectivity index (χ3n) is 5.99. The van der Waals surface area contributed by atoms with Crippen LogP contribution in [0.2, 0.25) is 0 Å². The summed E-state index contributed by atoms with van der Waals surface area (Å²) in [5.74, 6) is 0.771. The second kappa shape index (κ2) is 11.6. The maximum absolute atomic E-state index is 13.9. The summed E-state index contributed by atoms with van der Waals surface area (Å²) in [6, 6.07) is 16.1. The number of hydrogen-bond donors (Lipinski definition) is 1. The van der Waals surface area contributed by atoms with E-state index in [4.69, 9.17) is 9.47 Å². The van der Waals surface area contributed by atoms with Gasteiger partial charge < -0.3 is 19.7 Å². The topological polar surface area (TPSA) is 98.6 Å². The Labute approximate surface area is 226 Å². The summed E-state index contributed by atoms with van der Waals surface area (Å²) in [6.45, 7) is 6.04. The van der Waals surface area contributed by atoms with Crippen molar-refractivity contribution in [3.8, 4) is 11.5 Å². The number of para-hydroxylation sites is 1. The van der Waals surface area contributed by atoms with Crippen molar-refractivity contribution in [3.63, 3.8) is 0 Å². The minimum absolute atomic E-state index is 0.0445. The lowest BCUT2D eigenvalue weighted by molar-refractivity contribution is -0.142. The van der Waals surface area contributed by atoms with Crippen molar-refractivity contribution in [2.45, 2.75) is 45.3 Å². The molecule has 0 bridgehead atoms. The fourth-order valence-electron chi connectivity index (χ4n) is 4.25. The highest BCUT2D eigenvalue weighted by molar-refractivity contribution is 7.10. The number of fused-ring (bicyclic) bond motifs is 1. The van der Waals surface area contributed by atoms with Gasteiger partial charge in [0.25, 0.3) is 0 Å². The summed E-state index contributed by atoms with van der Waals surface area (Å²) in [5.41, 5.74) is 1.95. The molecule has 0 unspecified atom stereocenters. The number of methoxy groups -OCH3 is 2. The van der Waals surface area contributed by atoms with Crippen LogP contribution in [0.4, 0.5) is 0 Å². The lowest BCUT2D eigenvalue weighted by atomic mass is 10.1. The first kappa shape index (κ1) is 27.1. The van der Waals surface area contributed by atoms with Crippen molar-refractivity contribution >= 4 is 34.2 Å². The molecule has 0 spiro atoms. The molecule has 200 valence electrons. The SMILES string of the molecule is COc1ccc(CCN(C(=O)Cn2nnc3ccccc32)[C@H](C(=O)NC(C)(C)C)c2cccs2)cc1OC. The van der Waals surface area contributed by atoms with E-state index in [0.717, 1.165) is 16.0 Å². The van der Waals surface area contributed by atoms with Gasteiger partial charge in [0.15, 0.2) is 11.5 Å². The number of nitrogens with one attached hydrogen (secondary N) is 1. The molecule has 0 aliphatic heterocycles. The Morgan fingerprint density at radius 1 is 1.05 bits per heavy atom. The smallest absolute Gasteiger partial charge is 0.248 e. The molecular weight excluding hydrogens is 502 g/mol. The molecule has 0 aliphatic carbocycles. The Bertz CT molecular complexity index is 1390. The van der Waals surface area contributed by atoms with Crippen molar-refractivity contribution in [2.24, 2.45) is 0 Å². The highest BCUT2D eigenvalue weighted by atomic mass is 32.1. The largest absolute Gasteiger partial charge is 0.493 e. The third kappa shape index (κ3) is 6.31. The number of carbonyl (C=O) groups is 2. The fraction of sp³-hybridized carbons (Fsp3) is 0.357. The van der Waals surface area contributed by atoms with E-state index in [-0.39, 0.29) is 18.4 Å². The van der Waals surface area contributed by atoms with E-state index in [9.17, 15) is 9.59 Å². The lowest BCUT2D eigenvalue weighted by Gasteiger charge is -2.33. The zero-order valence-electron chi connectivity index (χ0n) is 22.3. The Kier molecular flexibility index (Phi) is 8.31. The van der Waals surface area contributed by atoms with Crippen LogP contribution in [-0.2, 0) is 22.6 Å². The summed E-state index contributed by atoms with van der Waals surface area (Å²) in [4.78, 5) is 30.0. The molecule has 1 N–H and O–H groups in total. The summed E-state index contributed by atoms with van der Waals surface area (Å²) in [6.07, 6.45) is 0.509. The average Bonchev–Trinajstić information content (AvgIpc) is 3.55. The van der Waals surface area contributed by atoms with Gasteiger partial charge in [0, 0.05) is 17.0 Å². The van der Waals surface area contributed by atoms with Crippen molar-refractivity contribution in [1.29, 1.82) is 0 Å². The molecule has 0 fully saturated rings. The Hall–Kier alpha value is -3.92. The Morgan fingerprint density at radius 2 is 1.82 bits per heavy atom. The minimum Gasteiger partial charge on any atom is -0.493 e. The second-order valence-electron chi connectivity index (χ2n) is 9.92. The van der Waals surface area contributed by atoms with Gasteiger partial charge >= 0.3 is 0 Å². The van der Waals surface area contributed by atoms with Gasteiger partial charge in [-0.15, -0.1) is 16.4 Å². The zero-order chi connectivity index (χ0) is 27.3. The zero-order valence-corrected chi connectivity index (χ0v) is 23.1. The van der Waals surface area contributed by atoms with E-state index in [0.29, 0.717) is 30.0 Å². The number of ether oxygens (including phenoxy) is 2. The van der Waals surface area contributed by atoms with Gasteiger partial charge in [-0.1, -0.05) is 29.5 Å². The van der Waals surface area contributed by atoms with E-state index >= 15 is 0 Å². The Balaban J connectivity index is 1.68. The quantitative estimate of drug-likeness (QED) is 0.326. The van der Waals surface area contributed by atoms with Crippen LogP contribution in [0.1, 0.15) is 37.3 Å². The van der Waals surface area contributed by atoms with Crippen LogP contribution >= 0.6 is 11.3 Å². The normalized spacial score (nSPS) is 12.2. The molecule has 0 saturated heterocycles. The molecule has 2 aromatic carbocycles. The summed E-state index contributed by atoms with van der Waals surface area (Å²) >= 11 is 1.45. The molecule has 4 aromatic rings. The van der Waals surface area contributed by atoms with Gasteiger partial charge in [-0.2, -0.15) is 0 Å². The summed E-state index contributed by atoms with van der Waals surface area (Å²) < 4.78 is 12.4. The van der Waals surface area contributed by atoms with Crippen LogP contribution in [0.15, 0.2) is 60.0 Å². The van der Waals surface area contributed by atoms with E-state index in [1.165, 1.54) is 11.3 Å². The fourth-order valence-corrected chi connectivity index (χ4v) is 5.08. The first-order valence-electron chi connectivity index (χ1n) is 12.3. The van der Waals surface area contributed by atoms with Crippen LogP contribution in [0, 0.1) is 0 Å². The number of rotatable bonds is 10. The van der Waals surface area contributed by atoms with Gasteiger partial charge in [0.05, 0.1) is 19.7 Å². The molecular formula is C28H33N5O4S. The highest BCUT2D eigenvalue weighted by Crippen LogP contribution is 2.30. The minimum atomic E-state index is -0.795. The number of amides is 2. The molecule has 1 atom stereocenters. The average molecular weight is 536 g/mol. The van der Waals surface area contributed by atoms with Gasteiger partial charge in [-0.25, -0.2) is 4.68 Å². The van der Waals surface area contributed by atoms with Crippen LogP contribution in [-0.4, -0.2) is 58.0 Å². The van der Waals surface area contributed by atoms with Crippen molar-refractivity contribution < 1.29 is 19.1 Å². The summed E-state index contributed by atoms with van der Waals surface area (Å²) in [7, 11) is 3.18. The van der Waals surface area contributed by atoms with Crippen molar-refractivity contribution in [3.05, 3.63) is 70.4 Å². The van der Waals surface area contributed by atoms with Crippen molar-refractivity contribution in [1.82, 2.24) is 25.2 Å². The highest BCUT2D eigenvalue weighted by Gasteiger charge is 2.34. The van der Waals surface area contributed by atoms with Crippen LogP contribution in [0.3, 0.4) is 0 Å². The van der Waals surface area contributed by atoms with E-state index in [1.807, 2.05) is 80.7 Å². The number of nitrogens with zero attached hydrogens (tertiary/aromatic N) is 4. The van der Waals surface area contributed by atoms with E-state index in [1.54, 1.807) is 23.8 Å². The number of hydrogen-bond acceptors (Lipinski definition) is 7. The second-order valence-corrected chi connectivity index (χ2v) is 10.9. The van der Waals surface area contributed by atoms with Crippen LogP contribution in [0.5, 0.6) is 11.5 Å². The van der Waals surface area contributed by atoms with Gasteiger partial charge in [0.1, 0.15) is 18.1 Å². The number of thiophene rings is 1. The lowest BCUT2D eigenvalue weighted by Crippen LogP contribution is -2.50. The third-order valence-corrected chi connectivity index (χ3v) is 6.91. The number of carbonyl (C=O) groups excluding carboxylic acids is 2. The maximum atomic E-state index is 13.9. The molecule has 4 rings (SSSR count). The van der Waals surface area contributed by atoms with Crippen LogP contribution in [0.25, 0.3) is 11.0 Å². The number of benzene rings is 2.